The number of halogens is 1. The summed E-state index contributed by atoms with van der Waals surface area (Å²) in [7, 11) is 0. The van der Waals surface area contributed by atoms with Gasteiger partial charge < -0.3 is 5.73 Å². The van der Waals surface area contributed by atoms with Gasteiger partial charge in [-0.25, -0.2) is 0 Å². The highest BCUT2D eigenvalue weighted by molar-refractivity contribution is 6.30. The largest absolute Gasteiger partial charge is 0.330 e. The monoisotopic (exact) mass is 271 g/mol. The maximum absolute atomic E-state index is 5.86. The van der Waals surface area contributed by atoms with Crippen molar-refractivity contribution in [3.05, 3.63) is 70.2 Å². The number of hydrogen-bond donors (Lipinski definition) is 1. The summed E-state index contributed by atoms with van der Waals surface area (Å²) >= 11 is 5.86. The fourth-order valence-corrected chi connectivity index (χ4v) is 2.05. The minimum absolute atomic E-state index is 0.741. The second kappa shape index (κ2) is 7.13. The van der Waals surface area contributed by atoms with Crippen LogP contribution in [0.2, 0.25) is 5.02 Å². The van der Waals surface area contributed by atoms with E-state index >= 15 is 0 Å². The van der Waals surface area contributed by atoms with Crippen molar-refractivity contribution in [3.63, 3.8) is 0 Å². The molecule has 0 saturated heterocycles. The fourth-order valence-electron chi connectivity index (χ4n) is 1.92. The zero-order valence-electron chi connectivity index (χ0n) is 10.9. The van der Waals surface area contributed by atoms with Gasteiger partial charge in [-0.2, -0.15) is 0 Å². The van der Waals surface area contributed by atoms with Crippen LogP contribution >= 0.6 is 11.6 Å². The predicted octanol–water partition coefficient (Wildman–Crippen LogP) is 4.40. The van der Waals surface area contributed by atoms with Gasteiger partial charge in [0.1, 0.15) is 0 Å². The maximum Gasteiger partial charge on any atom is 0.0406 e. The second-order valence-electron chi connectivity index (χ2n) is 4.52. The maximum atomic E-state index is 5.86. The van der Waals surface area contributed by atoms with Gasteiger partial charge >= 0.3 is 0 Å². The Morgan fingerprint density at radius 3 is 2.42 bits per heavy atom. The Morgan fingerprint density at radius 2 is 1.68 bits per heavy atom. The standard InChI is InChI=1S/C17H18ClN/c18-17-10-8-14(9-11-17)6-7-16-4-1-3-15(13-16)5-2-12-19/h1,3-4,6-11,13H,2,5,12,19H2/b7-6+. The van der Waals surface area contributed by atoms with Gasteiger partial charge in [0, 0.05) is 5.02 Å². The minimum atomic E-state index is 0.741. The summed E-state index contributed by atoms with van der Waals surface area (Å²) in [5, 5.41) is 0.765. The summed E-state index contributed by atoms with van der Waals surface area (Å²) in [5.41, 5.74) is 9.24. The quantitative estimate of drug-likeness (QED) is 0.802. The van der Waals surface area contributed by atoms with Gasteiger partial charge in [0.05, 0.1) is 0 Å². The molecule has 0 amide bonds. The smallest absolute Gasteiger partial charge is 0.0406 e. The Morgan fingerprint density at radius 1 is 0.947 bits per heavy atom. The normalized spacial score (nSPS) is 11.1. The summed E-state index contributed by atoms with van der Waals surface area (Å²) < 4.78 is 0. The number of hydrogen-bond acceptors (Lipinski definition) is 1. The summed E-state index contributed by atoms with van der Waals surface area (Å²) in [5.74, 6) is 0. The van der Waals surface area contributed by atoms with E-state index in [2.05, 4.69) is 36.4 Å². The first-order chi connectivity index (χ1) is 9.28. The Labute approximate surface area is 119 Å². The molecule has 19 heavy (non-hydrogen) atoms. The average molecular weight is 272 g/mol. The lowest BCUT2D eigenvalue weighted by molar-refractivity contribution is 0.832. The third kappa shape index (κ3) is 4.55. The van der Waals surface area contributed by atoms with Gasteiger partial charge in [0.2, 0.25) is 0 Å². The SMILES string of the molecule is NCCCc1cccc(/C=C/c2ccc(Cl)cc2)c1. The van der Waals surface area contributed by atoms with E-state index in [1.165, 1.54) is 11.1 Å². The van der Waals surface area contributed by atoms with E-state index in [9.17, 15) is 0 Å². The molecule has 0 aliphatic carbocycles. The van der Waals surface area contributed by atoms with Crippen LogP contribution in [0.5, 0.6) is 0 Å². The zero-order valence-corrected chi connectivity index (χ0v) is 11.6. The van der Waals surface area contributed by atoms with Crippen LogP contribution in [0.25, 0.3) is 12.2 Å². The molecule has 98 valence electrons. The zero-order chi connectivity index (χ0) is 13.5. The number of aryl methyl sites for hydroxylation is 1. The average Bonchev–Trinajstić information content (AvgIpc) is 2.45. The molecule has 0 saturated carbocycles. The summed E-state index contributed by atoms with van der Waals surface area (Å²) in [4.78, 5) is 0. The van der Waals surface area contributed by atoms with Crippen LogP contribution in [0.3, 0.4) is 0 Å². The van der Waals surface area contributed by atoms with E-state index in [1.54, 1.807) is 0 Å². The molecule has 1 nitrogen and oxygen atoms in total. The lowest BCUT2D eigenvalue weighted by Crippen LogP contribution is -2.00. The Balaban J connectivity index is 2.07. The molecule has 2 heteroatoms. The first kappa shape index (κ1) is 13.9. The molecule has 0 aliphatic heterocycles. The van der Waals surface area contributed by atoms with Crippen molar-refractivity contribution in [3.8, 4) is 0 Å². The van der Waals surface area contributed by atoms with Crippen LogP contribution in [0, 0.1) is 0 Å². The number of nitrogens with two attached hydrogens (primary N) is 1. The first-order valence-corrected chi connectivity index (χ1v) is 6.88. The highest BCUT2D eigenvalue weighted by Gasteiger charge is 1.94. The molecule has 0 bridgehead atoms. The van der Waals surface area contributed by atoms with Crippen LogP contribution in [0.4, 0.5) is 0 Å². The van der Waals surface area contributed by atoms with Crippen LogP contribution in [-0.2, 0) is 6.42 Å². The van der Waals surface area contributed by atoms with Crippen molar-refractivity contribution in [2.45, 2.75) is 12.8 Å². The molecule has 0 radical (unpaired) electrons. The molecule has 2 aromatic carbocycles. The van der Waals surface area contributed by atoms with Crippen molar-refractivity contribution < 1.29 is 0 Å². The van der Waals surface area contributed by atoms with E-state index in [0.717, 1.165) is 30.0 Å². The summed E-state index contributed by atoms with van der Waals surface area (Å²) in [6.07, 6.45) is 6.29. The summed E-state index contributed by atoms with van der Waals surface area (Å²) in [6, 6.07) is 16.4. The third-order valence-electron chi connectivity index (χ3n) is 2.96. The van der Waals surface area contributed by atoms with Crippen molar-refractivity contribution >= 4 is 23.8 Å². The molecule has 0 spiro atoms. The highest BCUT2D eigenvalue weighted by atomic mass is 35.5. The van der Waals surface area contributed by atoms with Gasteiger partial charge in [0.15, 0.2) is 0 Å². The van der Waals surface area contributed by atoms with Crippen molar-refractivity contribution in [2.24, 2.45) is 5.73 Å². The van der Waals surface area contributed by atoms with Crippen molar-refractivity contribution in [1.82, 2.24) is 0 Å². The minimum Gasteiger partial charge on any atom is -0.330 e. The summed E-state index contributed by atoms with van der Waals surface area (Å²) in [6.45, 7) is 0.741. The molecular formula is C17H18ClN. The van der Waals surface area contributed by atoms with Gasteiger partial charge in [0.25, 0.3) is 0 Å². The van der Waals surface area contributed by atoms with Crippen LogP contribution < -0.4 is 5.73 Å². The van der Waals surface area contributed by atoms with Gasteiger partial charge in [-0.15, -0.1) is 0 Å². The molecule has 2 N–H and O–H groups in total. The number of benzene rings is 2. The van der Waals surface area contributed by atoms with E-state index in [1.807, 2.05) is 24.3 Å². The van der Waals surface area contributed by atoms with Crippen molar-refractivity contribution in [1.29, 1.82) is 0 Å². The molecule has 2 rings (SSSR count). The number of rotatable bonds is 5. The Bertz CT molecular complexity index is 543. The van der Waals surface area contributed by atoms with Gasteiger partial charge in [-0.1, -0.05) is 60.2 Å². The van der Waals surface area contributed by atoms with E-state index in [4.69, 9.17) is 17.3 Å². The molecule has 2 aromatic rings. The molecule has 0 heterocycles. The molecule has 0 atom stereocenters. The first-order valence-electron chi connectivity index (χ1n) is 6.50. The fraction of sp³-hybridized carbons (Fsp3) is 0.176. The van der Waals surface area contributed by atoms with Crippen LogP contribution in [0.1, 0.15) is 23.1 Å². The molecular weight excluding hydrogens is 254 g/mol. The molecule has 0 aliphatic rings. The van der Waals surface area contributed by atoms with E-state index in [-0.39, 0.29) is 0 Å². The van der Waals surface area contributed by atoms with E-state index < -0.39 is 0 Å². The van der Waals surface area contributed by atoms with Gasteiger partial charge in [-0.3, -0.25) is 0 Å². The topological polar surface area (TPSA) is 26.0 Å². The molecule has 0 fully saturated rings. The highest BCUT2D eigenvalue weighted by Crippen LogP contribution is 2.14. The molecule has 0 unspecified atom stereocenters. The molecule has 0 aromatic heterocycles. The third-order valence-corrected chi connectivity index (χ3v) is 3.21. The Kier molecular flexibility index (Phi) is 5.20. The van der Waals surface area contributed by atoms with E-state index in [0.29, 0.717) is 0 Å². The predicted molar refractivity (Wildman–Crippen MR) is 84.2 cm³/mol. The Hall–Kier alpha value is -1.57. The van der Waals surface area contributed by atoms with Crippen LogP contribution in [0.15, 0.2) is 48.5 Å². The lowest BCUT2D eigenvalue weighted by Gasteiger charge is -2.01. The van der Waals surface area contributed by atoms with Crippen molar-refractivity contribution in [2.75, 3.05) is 6.54 Å². The van der Waals surface area contributed by atoms with Gasteiger partial charge in [-0.05, 0) is 48.2 Å². The second-order valence-corrected chi connectivity index (χ2v) is 4.96. The van der Waals surface area contributed by atoms with Crippen LogP contribution in [-0.4, -0.2) is 6.54 Å². The lowest BCUT2D eigenvalue weighted by atomic mass is 10.1.